The number of nitrogens with zero attached hydrogens (tertiary/aromatic N) is 2. The number of urea groups is 1. The molecular weight excluding hydrogens is 763 g/mol. The molecule has 6 rings (SSSR count). The molecule has 0 saturated heterocycles. The van der Waals surface area contributed by atoms with Gasteiger partial charge in [-0.3, -0.25) is 14.4 Å². The summed E-state index contributed by atoms with van der Waals surface area (Å²) in [4.78, 5) is 81.7. The zero-order valence-corrected chi connectivity index (χ0v) is 33.5. The van der Waals surface area contributed by atoms with Gasteiger partial charge in [0.25, 0.3) is 5.56 Å². The summed E-state index contributed by atoms with van der Waals surface area (Å²) in [5.74, 6) is -2.29. The van der Waals surface area contributed by atoms with Crippen molar-refractivity contribution in [3.05, 3.63) is 86.7 Å². The van der Waals surface area contributed by atoms with Crippen LogP contribution in [0, 0.1) is 5.92 Å². The minimum Gasteiger partial charge on any atom is -0.474 e. The van der Waals surface area contributed by atoms with Crippen LogP contribution < -0.4 is 37.7 Å². The first-order chi connectivity index (χ1) is 28.1. The molecule has 0 fully saturated rings. The molecule has 4 atom stereocenters. The molecular formula is C42H49N7O10. The van der Waals surface area contributed by atoms with Crippen LogP contribution >= 0.6 is 0 Å². The maximum atomic E-state index is 13.7. The Morgan fingerprint density at radius 1 is 1.03 bits per heavy atom. The highest BCUT2D eigenvalue weighted by molar-refractivity contribution is 5.98. The van der Waals surface area contributed by atoms with E-state index < -0.39 is 53.6 Å². The second-order valence-corrected chi connectivity index (χ2v) is 14.9. The summed E-state index contributed by atoms with van der Waals surface area (Å²) >= 11 is 0. The van der Waals surface area contributed by atoms with Crippen LogP contribution in [0.1, 0.15) is 80.9 Å². The van der Waals surface area contributed by atoms with Gasteiger partial charge in [-0.1, -0.05) is 39.8 Å². The molecule has 17 heteroatoms. The highest BCUT2D eigenvalue weighted by Crippen LogP contribution is 2.41. The fraction of sp³-hybridized carbons (Fsp3) is 0.405. The van der Waals surface area contributed by atoms with Crippen LogP contribution in [0.2, 0.25) is 0 Å². The number of benzene rings is 2. The summed E-state index contributed by atoms with van der Waals surface area (Å²) in [5.41, 5.74) is 13.5. The number of nitrogens with two attached hydrogens (primary N) is 2. The molecule has 0 saturated carbocycles. The fourth-order valence-corrected chi connectivity index (χ4v) is 7.44. The van der Waals surface area contributed by atoms with Gasteiger partial charge in [-0.25, -0.2) is 19.4 Å². The van der Waals surface area contributed by atoms with E-state index in [1.165, 1.54) is 7.11 Å². The Morgan fingerprint density at radius 2 is 1.76 bits per heavy atom. The average molecular weight is 812 g/mol. The lowest BCUT2D eigenvalue weighted by atomic mass is 9.86. The number of primary amides is 1. The van der Waals surface area contributed by atoms with Gasteiger partial charge < -0.3 is 51.3 Å². The van der Waals surface area contributed by atoms with Crippen molar-refractivity contribution in [2.75, 3.05) is 19.0 Å². The first kappa shape index (κ1) is 42.3. The lowest BCUT2D eigenvalue weighted by Crippen LogP contribution is -2.51. The van der Waals surface area contributed by atoms with E-state index in [-0.39, 0.29) is 55.1 Å². The van der Waals surface area contributed by atoms with Crippen molar-refractivity contribution in [1.29, 1.82) is 0 Å². The maximum Gasteiger partial charge on any atom is 0.351 e. The fourth-order valence-electron chi connectivity index (χ4n) is 7.44. The Kier molecular flexibility index (Phi) is 12.4. The number of rotatable bonds is 15. The number of ether oxygens (including phenoxy) is 3. The number of aromatic nitrogens is 2. The highest BCUT2D eigenvalue weighted by Gasteiger charge is 2.45. The second kappa shape index (κ2) is 17.3. The van der Waals surface area contributed by atoms with E-state index in [4.69, 9.17) is 30.7 Å². The Bertz CT molecular complexity index is 2380. The summed E-state index contributed by atoms with van der Waals surface area (Å²) in [6.45, 7) is 7.42. The third-order valence-electron chi connectivity index (χ3n) is 10.9. The summed E-state index contributed by atoms with van der Waals surface area (Å²) in [6.07, 6.45) is -0.0570. The SMILES string of the molecule is CCc1c2c(nc3ccc(OC(C(=O)OC)c4ccc(NC(=O)[C@H](CCCNC(N)=O)NC(=O)[C@@H](N)C(C)C)cc4)cc13)-c1cc3c(c(=O)n1C2)COC(=O)[C@]3(O)CC. The minimum absolute atomic E-state index is 0.0337. The molecule has 312 valence electrons. The summed E-state index contributed by atoms with van der Waals surface area (Å²) in [6, 6.07) is 10.8. The number of fused-ring (bicyclic) bond motifs is 5. The first-order valence-corrected chi connectivity index (χ1v) is 19.5. The quantitative estimate of drug-likeness (QED) is 0.0659. The normalized spacial score (nSPS) is 16.8. The van der Waals surface area contributed by atoms with Crippen LogP contribution in [0.3, 0.4) is 0 Å². The Balaban J connectivity index is 1.24. The summed E-state index contributed by atoms with van der Waals surface area (Å²) < 4.78 is 18.2. The lowest BCUT2D eigenvalue weighted by molar-refractivity contribution is -0.172. The number of carbonyl (C=O) groups excluding carboxylic acids is 5. The van der Waals surface area contributed by atoms with Crippen LogP contribution in [0.25, 0.3) is 22.3 Å². The van der Waals surface area contributed by atoms with Crippen molar-refractivity contribution < 1.29 is 43.3 Å². The molecule has 2 aromatic heterocycles. The van der Waals surface area contributed by atoms with Gasteiger partial charge in [-0.2, -0.15) is 0 Å². The number of amides is 4. The molecule has 1 unspecified atom stereocenters. The monoisotopic (exact) mass is 811 g/mol. The standard InChI is InChI=1S/C42H49N7O10/c1-6-25-26-17-24(14-15-30(26)47-34-27(25)19-49-32(34)18-29-28(38(49)52)20-58-40(54)42(29,56)7-2)59-35(39(53)57-5)22-10-12-23(13-11-22)46-36(50)31(9-8-16-45-41(44)55)48-37(51)33(43)21(3)4/h10-15,17-18,21,31,33,35,56H,6-9,16,19-20,43H2,1-5H3,(H,46,50)(H,48,51)(H3,44,45,55)/t31-,33-,35?,42-/m0/s1. The third-order valence-corrected chi connectivity index (χ3v) is 10.9. The predicted octanol–water partition coefficient (Wildman–Crippen LogP) is 2.79. The number of carbonyl (C=O) groups is 5. The van der Waals surface area contributed by atoms with Crippen molar-refractivity contribution >= 4 is 46.4 Å². The van der Waals surface area contributed by atoms with Gasteiger partial charge in [0, 0.05) is 34.3 Å². The van der Waals surface area contributed by atoms with E-state index >= 15 is 0 Å². The number of esters is 2. The number of aryl methyl sites for hydroxylation is 1. The number of nitrogens with one attached hydrogen (secondary N) is 3. The van der Waals surface area contributed by atoms with E-state index in [1.54, 1.807) is 73.9 Å². The minimum atomic E-state index is -1.94. The molecule has 0 bridgehead atoms. The van der Waals surface area contributed by atoms with Crippen molar-refractivity contribution in [2.45, 2.75) is 90.3 Å². The van der Waals surface area contributed by atoms with Crippen LogP contribution in [0.4, 0.5) is 10.5 Å². The number of hydrogen-bond donors (Lipinski definition) is 6. The maximum absolute atomic E-state index is 13.7. The van der Waals surface area contributed by atoms with E-state index in [0.29, 0.717) is 46.7 Å². The van der Waals surface area contributed by atoms with Gasteiger partial charge in [0.1, 0.15) is 18.4 Å². The topological polar surface area (TPSA) is 256 Å². The number of methoxy groups -OCH3 is 1. The van der Waals surface area contributed by atoms with Crippen LogP contribution in [0.15, 0.2) is 53.3 Å². The molecule has 2 aliphatic heterocycles. The number of aliphatic hydroxyl groups is 1. The molecule has 0 radical (unpaired) electrons. The average Bonchev–Trinajstić information content (AvgIpc) is 3.59. The van der Waals surface area contributed by atoms with Crippen LogP contribution in [0.5, 0.6) is 5.75 Å². The molecule has 2 aliphatic rings. The van der Waals surface area contributed by atoms with Crippen molar-refractivity contribution in [2.24, 2.45) is 17.4 Å². The van der Waals surface area contributed by atoms with E-state index in [0.717, 1.165) is 16.5 Å². The van der Waals surface area contributed by atoms with Gasteiger partial charge in [-0.15, -0.1) is 0 Å². The third kappa shape index (κ3) is 8.33. The van der Waals surface area contributed by atoms with Gasteiger partial charge in [0.05, 0.1) is 42.2 Å². The molecule has 8 N–H and O–H groups in total. The van der Waals surface area contributed by atoms with Crippen molar-refractivity contribution in [3.63, 3.8) is 0 Å². The predicted molar refractivity (Wildman–Crippen MR) is 216 cm³/mol. The Hall–Kier alpha value is -6.33. The van der Waals surface area contributed by atoms with Crippen LogP contribution in [-0.2, 0) is 53.8 Å². The highest BCUT2D eigenvalue weighted by atomic mass is 16.6. The van der Waals surface area contributed by atoms with Gasteiger partial charge in [-0.05, 0) is 73.6 Å². The second-order valence-electron chi connectivity index (χ2n) is 14.9. The molecule has 0 aliphatic carbocycles. The smallest absolute Gasteiger partial charge is 0.351 e. The van der Waals surface area contributed by atoms with Crippen LogP contribution in [-0.4, -0.2) is 70.2 Å². The molecule has 4 heterocycles. The van der Waals surface area contributed by atoms with E-state index in [9.17, 15) is 33.9 Å². The van der Waals surface area contributed by atoms with Crippen molar-refractivity contribution in [1.82, 2.24) is 20.2 Å². The lowest BCUT2D eigenvalue weighted by Gasteiger charge is -2.31. The molecule has 17 nitrogen and oxygen atoms in total. The number of cyclic esters (lactones) is 1. The summed E-state index contributed by atoms with van der Waals surface area (Å²) in [7, 11) is 1.25. The number of pyridine rings is 2. The van der Waals surface area contributed by atoms with E-state index in [1.807, 2.05) is 6.92 Å². The molecule has 59 heavy (non-hydrogen) atoms. The van der Waals surface area contributed by atoms with E-state index in [2.05, 4.69) is 16.0 Å². The zero-order chi connectivity index (χ0) is 42.8. The van der Waals surface area contributed by atoms with Gasteiger partial charge in [0.15, 0.2) is 5.60 Å². The molecule has 2 aromatic carbocycles. The number of anilines is 1. The number of hydrogen-bond acceptors (Lipinski definition) is 12. The van der Waals surface area contributed by atoms with Gasteiger partial charge in [0.2, 0.25) is 17.9 Å². The molecule has 4 amide bonds. The molecule has 4 aromatic rings. The Morgan fingerprint density at radius 3 is 2.41 bits per heavy atom. The first-order valence-electron chi connectivity index (χ1n) is 19.5. The molecule has 0 spiro atoms. The largest absolute Gasteiger partial charge is 0.474 e. The zero-order valence-electron chi connectivity index (χ0n) is 33.5. The summed E-state index contributed by atoms with van der Waals surface area (Å²) in [5, 5.41) is 20.0. The Labute approximate surface area is 339 Å². The van der Waals surface area contributed by atoms with Gasteiger partial charge >= 0.3 is 18.0 Å². The van der Waals surface area contributed by atoms with Crippen molar-refractivity contribution in [3.8, 4) is 17.1 Å².